The lowest BCUT2D eigenvalue weighted by molar-refractivity contribution is 0.300. The van der Waals surface area contributed by atoms with Crippen LogP contribution in [-0.4, -0.2) is 14.8 Å². The Hall–Kier alpha value is -2.53. The van der Waals surface area contributed by atoms with E-state index < -0.39 is 0 Å². The number of ether oxygens (including phenoxy) is 1. The Labute approximate surface area is 125 Å². The first kappa shape index (κ1) is 13.5. The maximum atomic E-state index is 11.9. The Morgan fingerprint density at radius 2 is 2.00 bits per heavy atom. The number of H-pyrrole nitrogens is 1. The van der Waals surface area contributed by atoms with Crippen molar-refractivity contribution in [2.24, 2.45) is 0 Å². The number of hydrogen-bond donors (Lipinski definition) is 1. The molecule has 2 heterocycles. The summed E-state index contributed by atoms with van der Waals surface area (Å²) in [6.45, 7) is 0.261. The standard InChI is InChI=1S/C15H12ClN3O2/c16-11-4-6-13(7-5-11)21-10-12-9-15(20)19(18-12)14-3-1-2-8-17-14/h1-9,18H,10H2. The minimum absolute atomic E-state index is 0.177. The first-order chi connectivity index (χ1) is 10.2. The first-order valence-electron chi connectivity index (χ1n) is 6.33. The summed E-state index contributed by atoms with van der Waals surface area (Å²) in [5, 5.41) is 3.62. The van der Waals surface area contributed by atoms with E-state index in [1.165, 1.54) is 10.7 Å². The summed E-state index contributed by atoms with van der Waals surface area (Å²) in [5.74, 6) is 1.23. The third-order valence-electron chi connectivity index (χ3n) is 2.86. The molecule has 0 aliphatic rings. The SMILES string of the molecule is O=c1cc(COc2ccc(Cl)cc2)[nH]n1-c1ccccn1. The van der Waals surface area contributed by atoms with Crippen molar-refractivity contribution in [1.82, 2.24) is 14.8 Å². The Bertz CT molecular complexity index is 779. The second-order valence-corrected chi connectivity index (χ2v) is 4.82. The van der Waals surface area contributed by atoms with Crippen LogP contribution >= 0.6 is 11.6 Å². The second-order valence-electron chi connectivity index (χ2n) is 4.39. The molecule has 3 aromatic rings. The molecule has 0 aliphatic heterocycles. The molecule has 1 N–H and O–H groups in total. The van der Waals surface area contributed by atoms with Gasteiger partial charge in [0, 0.05) is 17.3 Å². The zero-order valence-electron chi connectivity index (χ0n) is 11.0. The summed E-state index contributed by atoms with van der Waals surface area (Å²) in [4.78, 5) is 16.0. The smallest absolute Gasteiger partial charge is 0.273 e. The van der Waals surface area contributed by atoms with Crippen molar-refractivity contribution in [1.29, 1.82) is 0 Å². The summed E-state index contributed by atoms with van der Waals surface area (Å²) in [6, 6.07) is 13.9. The van der Waals surface area contributed by atoms with E-state index >= 15 is 0 Å². The van der Waals surface area contributed by atoms with Gasteiger partial charge in [-0.15, -0.1) is 0 Å². The molecule has 6 heteroatoms. The zero-order chi connectivity index (χ0) is 14.7. The van der Waals surface area contributed by atoms with Crippen molar-refractivity contribution in [2.75, 3.05) is 0 Å². The summed E-state index contributed by atoms with van der Waals surface area (Å²) < 4.78 is 6.96. The highest BCUT2D eigenvalue weighted by molar-refractivity contribution is 6.30. The van der Waals surface area contributed by atoms with Gasteiger partial charge in [-0.05, 0) is 36.4 Å². The largest absolute Gasteiger partial charge is 0.487 e. The van der Waals surface area contributed by atoms with Crippen LogP contribution in [0.3, 0.4) is 0 Å². The third kappa shape index (κ3) is 3.14. The molecule has 0 spiro atoms. The predicted octanol–water partition coefficient (Wildman–Crippen LogP) is 2.79. The number of aromatic amines is 1. The van der Waals surface area contributed by atoms with Crippen LogP contribution < -0.4 is 10.3 Å². The van der Waals surface area contributed by atoms with E-state index in [1.54, 1.807) is 42.6 Å². The molecule has 0 radical (unpaired) electrons. The molecule has 0 atom stereocenters. The van der Waals surface area contributed by atoms with Gasteiger partial charge in [-0.25, -0.2) is 9.67 Å². The Morgan fingerprint density at radius 1 is 1.19 bits per heavy atom. The lowest BCUT2D eigenvalue weighted by atomic mass is 10.3. The summed E-state index contributed by atoms with van der Waals surface area (Å²) in [7, 11) is 0. The normalized spacial score (nSPS) is 10.5. The molecule has 21 heavy (non-hydrogen) atoms. The number of hydrogen-bond acceptors (Lipinski definition) is 3. The van der Waals surface area contributed by atoms with Crippen LogP contribution in [0.4, 0.5) is 0 Å². The van der Waals surface area contributed by atoms with Crippen molar-refractivity contribution in [3.8, 4) is 11.6 Å². The average molecular weight is 302 g/mol. The van der Waals surface area contributed by atoms with Crippen molar-refractivity contribution < 1.29 is 4.74 Å². The number of halogens is 1. The molecular formula is C15H12ClN3O2. The number of benzene rings is 1. The van der Waals surface area contributed by atoms with Crippen LogP contribution in [0.15, 0.2) is 59.5 Å². The maximum absolute atomic E-state index is 11.9. The van der Waals surface area contributed by atoms with E-state index in [-0.39, 0.29) is 12.2 Å². The van der Waals surface area contributed by atoms with Gasteiger partial charge in [0.1, 0.15) is 12.4 Å². The van der Waals surface area contributed by atoms with Gasteiger partial charge in [0.05, 0.1) is 5.69 Å². The molecule has 5 nitrogen and oxygen atoms in total. The van der Waals surface area contributed by atoms with E-state index in [0.29, 0.717) is 22.3 Å². The number of nitrogens with zero attached hydrogens (tertiary/aromatic N) is 2. The minimum Gasteiger partial charge on any atom is -0.487 e. The van der Waals surface area contributed by atoms with Gasteiger partial charge in [-0.3, -0.25) is 9.89 Å². The molecule has 3 rings (SSSR count). The van der Waals surface area contributed by atoms with Crippen molar-refractivity contribution >= 4 is 11.6 Å². The van der Waals surface area contributed by atoms with Crippen LogP contribution in [0.2, 0.25) is 5.02 Å². The highest BCUT2D eigenvalue weighted by Crippen LogP contribution is 2.16. The van der Waals surface area contributed by atoms with Crippen LogP contribution in [-0.2, 0) is 6.61 Å². The summed E-state index contributed by atoms with van der Waals surface area (Å²) in [5.41, 5.74) is 0.490. The van der Waals surface area contributed by atoms with Crippen LogP contribution in [0, 0.1) is 0 Å². The minimum atomic E-state index is -0.177. The molecule has 0 fully saturated rings. The van der Waals surface area contributed by atoms with Crippen molar-refractivity contribution in [3.05, 3.63) is 75.8 Å². The van der Waals surface area contributed by atoms with Crippen molar-refractivity contribution in [3.63, 3.8) is 0 Å². The van der Waals surface area contributed by atoms with E-state index in [0.717, 1.165) is 0 Å². The molecule has 0 unspecified atom stereocenters. The Balaban J connectivity index is 1.76. The fraction of sp³-hybridized carbons (Fsp3) is 0.0667. The molecule has 0 saturated heterocycles. The Kier molecular flexibility index (Phi) is 3.75. The van der Waals surface area contributed by atoms with Crippen LogP contribution in [0.1, 0.15) is 5.69 Å². The lowest BCUT2D eigenvalue weighted by Crippen LogP contribution is -2.14. The summed E-state index contributed by atoms with van der Waals surface area (Å²) >= 11 is 5.81. The molecule has 0 bridgehead atoms. The monoisotopic (exact) mass is 301 g/mol. The highest BCUT2D eigenvalue weighted by atomic mass is 35.5. The topological polar surface area (TPSA) is 59.9 Å². The molecule has 0 aliphatic carbocycles. The van der Waals surface area contributed by atoms with Gasteiger partial charge in [0.25, 0.3) is 5.56 Å². The zero-order valence-corrected chi connectivity index (χ0v) is 11.7. The van der Waals surface area contributed by atoms with Crippen LogP contribution in [0.5, 0.6) is 5.75 Å². The number of nitrogens with one attached hydrogen (secondary N) is 1. The van der Waals surface area contributed by atoms with Gasteiger partial charge >= 0.3 is 0 Å². The predicted molar refractivity (Wildman–Crippen MR) is 80.0 cm³/mol. The molecular weight excluding hydrogens is 290 g/mol. The van der Waals surface area contributed by atoms with E-state index in [1.807, 2.05) is 6.07 Å². The van der Waals surface area contributed by atoms with E-state index in [9.17, 15) is 4.79 Å². The molecule has 0 amide bonds. The fourth-order valence-electron chi connectivity index (χ4n) is 1.87. The summed E-state index contributed by atoms with van der Waals surface area (Å²) in [6.07, 6.45) is 1.63. The number of pyridine rings is 1. The van der Waals surface area contributed by atoms with Crippen LogP contribution in [0.25, 0.3) is 5.82 Å². The second kappa shape index (κ2) is 5.85. The molecule has 106 valence electrons. The molecule has 2 aromatic heterocycles. The van der Waals surface area contributed by atoms with E-state index in [4.69, 9.17) is 16.3 Å². The number of aromatic nitrogens is 3. The highest BCUT2D eigenvalue weighted by Gasteiger charge is 2.06. The van der Waals surface area contributed by atoms with E-state index in [2.05, 4.69) is 10.1 Å². The number of rotatable bonds is 4. The van der Waals surface area contributed by atoms with Gasteiger partial charge in [0.15, 0.2) is 5.82 Å². The van der Waals surface area contributed by atoms with Crippen molar-refractivity contribution in [2.45, 2.75) is 6.61 Å². The quantitative estimate of drug-likeness (QED) is 0.806. The first-order valence-corrected chi connectivity index (χ1v) is 6.71. The lowest BCUT2D eigenvalue weighted by Gasteiger charge is -2.04. The van der Waals surface area contributed by atoms with Gasteiger partial charge < -0.3 is 4.74 Å². The maximum Gasteiger partial charge on any atom is 0.273 e. The van der Waals surface area contributed by atoms with Gasteiger partial charge in [0.2, 0.25) is 0 Å². The Morgan fingerprint density at radius 3 is 2.71 bits per heavy atom. The average Bonchev–Trinajstić information content (AvgIpc) is 2.89. The molecule has 0 saturated carbocycles. The van der Waals surface area contributed by atoms with Gasteiger partial charge in [-0.2, -0.15) is 0 Å². The fourth-order valence-corrected chi connectivity index (χ4v) is 1.99. The van der Waals surface area contributed by atoms with Gasteiger partial charge in [-0.1, -0.05) is 17.7 Å². The molecule has 1 aromatic carbocycles. The third-order valence-corrected chi connectivity index (χ3v) is 3.11.